The highest BCUT2D eigenvalue weighted by Gasteiger charge is 2.54. The largest absolute Gasteiger partial charge is 0.468 e. The summed E-state index contributed by atoms with van der Waals surface area (Å²) in [6.07, 6.45) is -6.76. The summed E-state index contributed by atoms with van der Waals surface area (Å²) in [5.41, 5.74) is 0.203. The molecule has 52 heavy (non-hydrogen) atoms. The summed E-state index contributed by atoms with van der Waals surface area (Å²) in [5, 5.41) is 20.4. The lowest BCUT2D eigenvalue weighted by atomic mass is 9.82. The van der Waals surface area contributed by atoms with Crippen molar-refractivity contribution >= 4 is 35.8 Å². The number of ether oxygens (including phenoxy) is 9. The van der Waals surface area contributed by atoms with Crippen LogP contribution >= 0.6 is 0 Å². The van der Waals surface area contributed by atoms with Crippen LogP contribution in [0.4, 0.5) is 0 Å². The molecule has 3 aliphatic rings. The lowest BCUT2D eigenvalue weighted by Crippen LogP contribution is -2.63. The van der Waals surface area contributed by atoms with Crippen LogP contribution in [0.25, 0.3) is 0 Å². The number of esters is 6. The predicted octanol–water partition coefficient (Wildman–Crippen LogP) is 1.26. The summed E-state index contributed by atoms with van der Waals surface area (Å²) in [4.78, 5) is 74.6. The van der Waals surface area contributed by atoms with E-state index >= 15 is 0 Å². The molecule has 0 amide bonds. The fourth-order valence-corrected chi connectivity index (χ4v) is 7.03. The Kier molecular flexibility index (Phi) is 15.6. The Bertz CT molecular complexity index is 1370. The molecule has 292 valence electrons. The third kappa shape index (κ3) is 10.7. The van der Waals surface area contributed by atoms with Gasteiger partial charge in [0.1, 0.15) is 12.7 Å². The minimum Gasteiger partial charge on any atom is -0.468 e. The van der Waals surface area contributed by atoms with Gasteiger partial charge in [-0.25, -0.2) is 4.79 Å². The predicted molar refractivity (Wildman–Crippen MR) is 174 cm³/mol. The highest BCUT2D eigenvalue weighted by Crippen LogP contribution is 2.42. The van der Waals surface area contributed by atoms with Crippen LogP contribution in [0.3, 0.4) is 0 Å². The summed E-state index contributed by atoms with van der Waals surface area (Å²) in [7, 11) is 1.16. The Hall–Kier alpha value is -4.06. The molecular formula is C35H50O17. The highest BCUT2D eigenvalue weighted by molar-refractivity contribution is 5.90. The summed E-state index contributed by atoms with van der Waals surface area (Å²) in [5.74, 6) is -6.39. The SMILES string of the molecule is C/C=C1/[C@H](O[C@@H]2O[C@H](COC(C)=O)[C@@H](OC(C)=O)[C@H](OC(C)=O)[C@H]2OC(C)=O)OC=C(C(=O)OC)[C@H]1CC(=O)OC[C@H]1[C@H]([C@@H](C)CO)[C@@H](O)C[C@@H]1C. The van der Waals surface area contributed by atoms with E-state index in [1.165, 1.54) is 6.08 Å². The zero-order valence-corrected chi connectivity index (χ0v) is 30.6. The van der Waals surface area contributed by atoms with Gasteiger partial charge in [0, 0.05) is 51.7 Å². The minimum absolute atomic E-state index is 0.0147. The first-order valence-electron chi connectivity index (χ1n) is 17.0. The number of aliphatic hydroxyl groups is 2. The maximum absolute atomic E-state index is 13.4. The fraction of sp³-hybridized carbons (Fsp3) is 0.714. The molecule has 2 fully saturated rings. The van der Waals surface area contributed by atoms with E-state index in [1.807, 2.05) is 13.8 Å². The Labute approximate surface area is 301 Å². The molecule has 0 aromatic carbocycles. The van der Waals surface area contributed by atoms with Crippen LogP contribution in [-0.2, 0) is 71.4 Å². The molecule has 2 heterocycles. The molecule has 1 saturated heterocycles. The van der Waals surface area contributed by atoms with Crippen LogP contribution in [0.5, 0.6) is 0 Å². The molecule has 0 spiro atoms. The Balaban J connectivity index is 1.93. The third-order valence-electron chi connectivity index (χ3n) is 9.36. The average Bonchev–Trinajstić information content (AvgIpc) is 3.36. The molecule has 0 bridgehead atoms. The first kappa shape index (κ1) is 42.4. The maximum Gasteiger partial charge on any atom is 0.337 e. The normalized spacial score (nSPS) is 32.8. The zero-order valence-electron chi connectivity index (χ0n) is 30.6. The van der Waals surface area contributed by atoms with E-state index in [0.717, 1.165) is 41.1 Å². The number of methoxy groups -OCH3 is 1. The number of hydrogen-bond donors (Lipinski definition) is 2. The first-order chi connectivity index (χ1) is 24.5. The van der Waals surface area contributed by atoms with Crippen molar-refractivity contribution in [3.63, 3.8) is 0 Å². The molecule has 0 unspecified atom stereocenters. The number of hydrogen-bond acceptors (Lipinski definition) is 17. The van der Waals surface area contributed by atoms with E-state index < -0.39 is 91.4 Å². The maximum atomic E-state index is 13.4. The van der Waals surface area contributed by atoms with E-state index in [2.05, 4.69) is 0 Å². The van der Waals surface area contributed by atoms with Crippen molar-refractivity contribution in [2.45, 2.75) is 104 Å². The van der Waals surface area contributed by atoms with Crippen LogP contribution in [0.1, 0.15) is 61.3 Å². The molecule has 17 heteroatoms. The molecule has 2 N–H and O–H groups in total. The lowest BCUT2D eigenvalue weighted by molar-refractivity contribution is -0.331. The van der Waals surface area contributed by atoms with E-state index in [4.69, 9.17) is 42.6 Å². The number of allylic oxidation sites excluding steroid dienone is 1. The summed E-state index contributed by atoms with van der Waals surface area (Å²) >= 11 is 0. The molecule has 0 aromatic heterocycles. The number of rotatable bonds is 14. The van der Waals surface area contributed by atoms with Gasteiger partial charge in [0.15, 0.2) is 18.3 Å². The van der Waals surface area contributed by atoms with E-state index in [-0.39, 0.29) is 54.5 Å². The highest BCUT2D eigenvalue weighted by atomic mass is 16.8. The Morgan fingerprint density at radius 2 is 1.54 bits per heavy atom. The van der Waals surface area contributed by atoms with Gasteiger partial charge < -0.3 is 52.8 Å². The molecular weight excluding hydrogens is 692 g/mol. The summed E-state index contributed by atoms with van der Waals surface area (Å²) in [6, 6.07) is 0. The van der Waals surface area contributed by atoms with Gasteiger partial charge >= 0.3 is 35.8 Å². The van der Waals surface area contributed by atoms with Gasteiger partial charge in [0.25, 0.3) is 0 Å². The van der Waals surface area contributed by atoms with Crippen molar-refractivity contribution < 1.29 is 81.6 Å². The van der Waals surface area contributed by atoms with Gasteiger partial charge in [-0.1, -0.05) is 19.9 Å². The monoisotopic (exact) mass is 742 g/mol. The molecule has 0 radical (unpaired) electrons. The first-order valence-corrected chi connectivity index (χ1v) is 17.0. The molecule has 1 aliphatic carbocycles. The topological polar surface area (TPSA) is 226 Å². The smallest absolute Gasteiger partial charge is 0.337 e. The minimum atomic E-state index is -1.62. The van der Waals surface area contributed by atoms with Crippen LogP contribution < -0.4 is 0 Å². The van der Waals surface area contributed by atoms with E-state index in [1.54, 1.807) is 6.92 Å². The standard InChI is InChI=1S/C35H50O17/c1-9-22-23(11-28(42)46-13-24-16(2)10-26(41)29(24)17(3)12-36)25(33(43)44-8)14-47-34(22)52-35-32(50-21(7)40)31(49-20(6)39)30(48-19(5)38)27(51-35)15-45-18(4)37/h9,14,16-17,23-24,26-27,29-32,34-36,41H,10-13,15H2,1-8H3/b22-9+/t16-,17-,23-,24+,26-,27+,29-,30+,31-,32+,34-,35-/m0/s1. The molecule has 1 saturated carbocycles. The molecule has 17 nitrogen and oxygen atoms in total. The van der Waals surface area contributed by atoms with Crippen LogP contribution in [-0.4, -0.2) is 116 Å². The van der Waals surface area contributed by atoms with E-state index in [9.17, 15) is 39.0 Å². The zero-order chi connectivity index (χ0) is 38.9. The Morgan fingerprint density at radius 3 is 2.10 bits per heavy atom. The van der Waals surface area contributed by atoms with Gasteiger partial charge in [-0.2, -0.15) is 0 Å². The van der Waals surface area contributed by atoms with Gasteiger partial charge in [-0.15, -0.1) is 0 Å². The second kappa shape index (κ2) is 19.1. The molecule has 0 aromatic rings. The van der Waals surface area contributed by atoms with Crippen molar-refractivity contribution in [2.75, 3.05) is 26.9 Å². The Morgan fingerprint density at radius 1 is 0.923 bits per heavy atom. The lowest BCUT2D eigenvalue weighted by Gasteiger charge is -2.45. The van der Waals surface area contributed by atoms with Crippen molar-refractivity contribution in [3.8, 4) is 0 Å². The second-order valence-corrected chi connectivity index (χ2v) is 13.1. The fourth-order valence-electron chi connectivity index (χ4n) is 7.03. The van der Waals surface area contributed by atoms with Crippen molar-refractivity contribution in [3.05, 3.63) is 23.5 Å². The van der Waals surface area contributed by atoms with Crippen molar-refractivity contribution in [2.24, 2.45) is 29.6 Å². The van der Waals surface area contributed by atoms with Crippen LogP contribution in [0.15, 0.2) is 23.5 Å². The van der Waals surface area contributed by atoms with Gasteiger partial charge in [-0.3, -0.25) is 24.0 Å². The summed E-state index contributed by atoms with van der Waals surface area (Å²) < 4.78 is 50.1. The van der Waals surface area contributed by atoms with Crippen molar-refractivity contribution in [1.29, 1.82) is 0 Å². The molecule has 12 atom stereocenters. The second-order valence-electron chi connectivity index (χ2n) is 13.1. The van der Waals surface area contributed by atoms with Gasteiger partial charge in [-0.05, 0) is 31.1 Å². The molecule has 2 aliphatic heterocycles. The molecule has 3 rings (SSSR count). The average molecular weight is 743 g/mol. The number of carbonyl (C=O) groups is 6. The van der Waals surface area contributed by atoms with Crippen molar-refractivity contribution in [1.82, 2.24) is 0 Å². The summed E-state index contributed by atoms with van der Waals surface area (Å²) in [6.45, 7) is 9.09. The number of carbonyl (C=O) groups excluding carboxylic acids is 6. The van der Waals surface area contributed by atoms with Crippen LogP contribution in [0, 0.1) is 29.6 Å². The third-order valence-corrected chi connectivity index (χ3v) is 9.36. The quantitative estimate of drug-likeness (QED) is 0.145. The van der Waals surface area contributed by atoms with Gasteiger partial charge in [0.05, 0.1) is 38.1 Å². The van der Waals surface area contributed by atoms with E-state index in [0.29, 0.717) is 6.42 Å². The number of aliphatic hydroxyl groups excluding tert-OH is 2. The van der Waals surface area contributed by atoms with Gasteiger partial charge in [0.2, 0.25) is 12.6 Å². The van der Waals surface area contributed by atoms with Crippen LogP contribution in [0.2, 0.25) is 0 Å².